The number of likely N-dealkylation sites (tertiary alicyclic amines) is 1. The highest BCUT2D eigenvalue weighted by Gasteiger charge is 2.32. The third kappa shape index (κ3) is 7.70. The van der Waals surface area contributed by atoms with Crippen LogP contribution in [0, 0.1) is 5.92 Å². The van der Waals surface area contributed by atoms with Crippen LogP contribution in [-0.4, -0.2) is 63.5 Å². The van der Waals surface area contributed by atoms with Crippen molar-refractivity contribution >= 4 is 23.6 Å². The number of benzene rings is 1. The molecule has 1 aromatic carbocycles. The second-order valence-electron chi connectivity index (χ2n) is 10.9. The average molecular weight is 551 g/mol. The van der Waals surface area contributed by atoms with Crippen molar-refractivity contribution < 1.29 is 19.2 Å². The van der Waals surface area contributed by atoms with Crippen molar-refractivity contribution in [3.63, 3.8) is 0 Å². The van der Waals surface area contributed by atoms with E-state index in [0.29, 0.717) is 25.1 Å². The summed E-state index contributed by atoms with van der Waals surface area (Å²) in [5.41, 5.74) is 2.27. The van der Waals surface area contributed by atoms with E-state index in [2.05, 4.69) is 21.0 Å². The lowest BCUT2D eigenvalue weighted by atomic mass is 9.83. The van der Waals surface area contributed by atoms with E-state index in [-0.39, 0.29) is 29.5 Å². The van der Waals surface area contributed by atoms with Crippen LogP contribution in [0.4, 0.5) is 0 Å². The molecule has 2 aliphatic rings. The Hall–Kier alpha value is -3.69. The fraction of sp³-hybridized carbons (Fsp3) is 0.567. The van der Waals surface area contributed by atoms with Crippen LogP contribution in [0.5, 0.6) is 0 Å². The average Bonchev–Trinajstić information content (AvgIpc) is 3.67. The van der Waals surface area contributed by atoms with Crippen LogP contribution >= 0.6 is 0 Å². The molecule has 1 saturated heterocycles. The summed E-state index contributed by atoms with van der Waals surface area (Å²) in [5, 5.41) is 12.9. The van der Waals surface area contributed by atoms with E-state index in [1.165, 1.54) is 4.68 Å². The third-order valence-electron chi connectivity index (χ3n) is 8.05. The smallest absolute Gasteiger partial charge is 0.270 e. The van der Waals surface area contributed by atoms with Crippen LogP contribution in [0.1, 0.15) is 79.9 Å². The van der Waals surface area contributed by atoms with E-state index in [0.717, 1.165) is 69.2 Å². The summed E-state index contributed by atoms with van der Waals surface area (Å²) < 4.78 is 1.50. The standard InChI is InChI=1S/C30H42N6O4/c1-3-26(37)33-24(30(40)36-17-7-8-18-36)19-21-11-13-22(14-12-21)20-31-29(39)27(23-9-5-4-6-10-23)34-28(38)25-15-16-32-35(25)2/h11-16,23-24,27H,3-10,17-20H2,1-2H3,(H,31,39)(H,33,37)(H,34,38). The second-order valence-corrected chi connectivity index (χ2v) is 10.9. The molecule has 4 rings (SSSR count). The molecular formula is C30H42N6O4. The Morgan fingerprint density at radius 3 is 2.23 bits per heavy atom. The van der Waals surface area contributed by atoms with Crippen molar-refractivity contribution in [2.45, 2.75) is 83.3 Å². The molecule has 0 spiro atoms. The summed E-state index contributed by atoms with van der Waals surface area (Å²) >= 11 is 0. The molecule has 10 nitrogen and oxygen atoms in total. The Morgan fingerprint density at radius 1 is 0.925 bits per heavy atom. The zero-order chi connectivity index (χ0) is 28.5. The number of nitrogens with zero attached hydrogens (tertiary/aromatic N) is 3. The van der Waals surface area contributed by atoms with Gasteiger partial charge in [0.1, 0.15) is 17.8 Å². The maximum Gasteiger partial charge on any atom is 0.270 e. The Labute approximate surface area is 236 Å². The fourth-order valence-corrected chi connectivity index (χ4v) is 5.66. The number of carbonyl (C=O) groups is 4. The Balaban J connectivity index is 1.37. The Kier molecular flexibility index (Phi) is 10.3. The highest BCUT2D eigenvalue weighted by atomic mass is 16.2. The van der Waals surface area contributed by atoms with Gasteiger partial charge in [-0.25, -0.2) is 0 Å². The van der Waals surface area contributed by atoms with Crippen molar-refractivity contribution in [3.05, 3.63) is 53.3 Å². The molecule has 4 amide bonds. The molecule has 2 unspecified atom stereocenters. The number of aryl methyl sites for hydroxylation is 1. The Bertz CT molecular complexity index is 1170. The SMILES string of the molecule is CCC(=O)NC(Cc1ccc(CNC(=O)C(NC(=O)c2ccnn2C)C2CCCCC2)cc1)C(=O)N1CCCC1. The van der Waals surface area contributed by atoms with E-state index in [1.807, 2.05) is 29.2 Å². The molecule has 1 aliphatic carbocycles. The maximum atomic E-state index is 13.3. The quantitative estimate of drug-likeness (QED) is 0.396. The lowest BCUT2D eigenvalue weighted by Gasteiger charge is -2.30. The number of aromatic nitrogens is 2. The zero-order valence-electron chi connectivity index (χ0n) is 23.7. The molecule has 2 heterocycles. The van der Waals surface area contributed by atoms with Gasteiger partial charge in [-0.1, -0.05) is 50.5 Å². The number of rotatable bonds is 11. The summed E-state index contributed by atoms with van der Waals surface area (Å²) in [6, 6.07) is 8.18. The fourth-order valence-electron chi connectivity index (χ4n) is 5.66. The molecule has 2 atom stereocenters. The summed E-state index contributed by atoms with van der Waals surface area (Å²) in [5.74, 6) is -0.567. The number of amides is 4. The molecular weight excluding hydrogens is 508 g/mol. The van der Waals surface area contributed by atoms with Gasteiger partial charge in [0, 0.05) is 45.7 Å². The lowest BCUT2D eigenvalue weighted by Crippen LogP contribution is -2.51. The molecule has 0 radical (unpaired) electrons. The van der Waals surface area contributed by atoms with Crippen molar-refractivity contribution in [2.75, 3.05) is 13.1 Å². The molecule has 2 aromatic rings. The molecule has 1 aromatic heterocycles. The van der Waals surface area contributed by atoms with Gasteiger partial charge in [0.05, 0.1) is 0 Å². The maximum absolute atomic E-state index is 13.3. The molecule has 1 aliphatic heterocycles. The number of hydrogen-bond donors (Lipinski definition) is 3. The van der Waals surface area contributed by atoms with Crippen molar-refractivity contribution in [1.82, 2.24) is 30.6 Å². The summed E-state index contributed by atoms with van der Waals surface area (Å²) in [6.07, 6.45) is 9.37. The number of carbonyl (C=O) groups excluding carboxylic acids is 4. The van der Waals surface area contributed by atoms with Crippen molar-refractivity contribution in [2.24, 2.45) is 13.0 Å². The molecule has 3 N–H and O–H groups in total. The van der Waals surface area contributed by atoms with Crippen LogP contribution in [0.15, 0.2) is 36.5 Å². The van der Waals surface area contributed by atoms with Gasteiger partial charge in [0.15, 0.2) is 0 Å². The molecule has 1 saturated carbocycles. The molecule has 0 bridgehead atoms. The molecule has 216 valence electrons. The van der Waals surface area contributed by atoms with Gasteiger partial charge in [-0.15, -0.1) is 0 Å². The van der Waals surface area contributed by atoms with Crippen LogP contribution in [0.2, 0.25) is 0 Å². The number of nitrogens with one attached hydrogen (secondary N) is 3. The normalized spacial score (nSPS) is 17.2. The first-order chi connectivity index (χ1) is 19.4. The third-order valence-corrected chi connectivity index (χ3v) is 8.05. The Morgan fingerprint density at radius 2 is 1.60 bits per heavy atom. The van der Waals surface area contributed by atoms with E-state index >= 15 is 0 Å². The summed E-state index contributed by atoms with van der Waals surface area (Å²) in [6.45, 7) is 3.58. The minimum Gasteiger partial charge on any atom is -0.350 e. The predicted molar refractivity (Wildman–Crippen MR) is 151 cm³/mol. The van der Waals surface area contributed by atoms with Gasteiger partial charge in [-0.3, -0.25) is 23.9 Å². The van der Waals surface area contributed by atoms with Crippen LogP contribution < -0.4 is 16.0 Å². The van der Waals surface area contributed by atoms with E-state index in [4.69, 9.17) is 0 Å². The van der Waals surface area contributed by atoms with Gasteiger partial charge in [-0.05, 0) is 48.8 Å². The first-order valence-electron chi connectivity index (χ1n) is 14.6. The largest absolute Gasteiger partial charge is 0.350 e. The zero-order valence-corrected chi connectivity index (χ0v) is 23.7. The number of hydrogen-bond acceptors (Lipinski definition) is 5. The summed E-state index contributed by atoms with van der Waals surface area (Å²) in [7, 11) is 1.70. The minimum atomic E-state index is -0.610. The van der Waals surface area contributed by atoms with Gasteiger partial charge in [-0.2, -0.15) is 5.10 Å². The van der Waals surface area contributed by atoms with Gasteiger partial charge < -0.3 is 20.9 Å². The molecule has 10 heteroatoms. The first kappa shape index (κ1) is 29.3. The van der Waals surface area contributed by atoms with Crippen LogP contribution in [0.3, 0.4) is 0 Å². The van der Waals surface area contributed by atoms with Crippen LogP contribution in [0.25, 0.3) is 0 Å². The highest BCUT2D eigenvalue weighted by Crippen LogP contribution is 2.27. The monoisotopic (exact) mass is 550 g/mol. The molecule has 40 heavy (non-hydrogen) atoms. The van der Waals surface area contributed by atoms with Crippen molar-refractivity contribution in [1.29, 1.82) is 0 Å². The predicted octanol–water partition coefficient (Wildman–Crippen LogP) is 2.47. The van der Waals surface area contributed by atoms with E-state index < -0.39 is 12.1 Å². The van der Waals surface area contributed by atoms with Gasteiger partial charge in [0.2, 0.25) is 17.7 Å². The minimum absolute atomic E-state index is 0.0300. The topological polar surface area (TPSA) is 125 Å². The summed E-state index contributed by atoms with van der Waals surface area (Å²) in [4.78, 5) is 53.2. The highest BCUT2D eigenvalue weighted by molar-refractivity contribution is 5.96. The first-order valence-corrected chi connectivity index (χ1v) is 14.6. The van der Waals surface area contributed by atoms with Gasteiger partial charge in [0.25, 0.3) is 5.91 Å². The second kappa shape index (κ2) is 14.1. The van der Waals surface area contributed by atoms with Crippen molar-refractivity contribution in [3.8, 4) is 0 Å². The van der Waals surface area contributed by atoms with E-state index in [1.54, 1.807) is 26.2 Å². The molecule has 2 fully saturated rings. The lowest BCUT2D eigenvalue weighted by molar-refractivity contribution is -0.135. The van der Waals surface area contributed by atoms with Crippen LogP contribution in [-0.2, 0) is 34.4 Å². The van der Waals surface area contributed by atoms with E-state index in [9.17, 15) is 19.2 Å². The van der Waals surface area contributed by atoms with Gasteiger partial charge >= 0.3 is 0 Å².